The summed E-state index contributed by atoms with van der Waals surface area (Å²) < 4.78 is 0. The number of fused-ring (bicyclic) bond motifs is 1. The van der Waals surface area contributed by atoms with Gasteiger partial charge in [-0.15, -0.1) is 0 Å². The predicted molar refractivity (Wildman–Crippen MR) is 85.1 cm³/mol. The van der Waals surface area contributed by atoms with E-state index >= 15 is 0 Å². The van der Waals surface area contributed by atoms with Crippen LogP contribution in [0.5, 0.6) is 0 Å². The minimum absolute atomic E-state index is 0.308. The van der Waals surface area contributed by atoms with Crippen molar-refractivity contribution in [3.63, 3.8) is 0 Å². The number of rotatable bonds is 4. The van der Waals surface area contributed by atoms with E-state index in [0.29, 0.717) is 5.41 Å². The van der Waals surface area contributed by atoms with E-state index in [1.165, 1.54) is 36.1 Å². The van der Waals surface area contributed by atoms with Crippen LogP contribution in [0.3, 0.4) is 0 Å². The molecule has 20 heavy (non-hydrogen) atoms. The number of piperazine rings is 1. The Labute approximate surface area is 121 Å². The lowest BCUT2D eigenvalue weighted by Gasteiger charge is -2.35. The molecule has 1 aliphatic heterocycles. The van der Waals surface area contributed by atoms with Crippen molar-refractivity contribution in [2.75, 3.05) is 32.7 Å². The molecule has 3 rings (SSSR count). The van der Waals surface area contributed by atoms with Crippen LogP contribution in [-0.4, -0.2) is 42.6 Å². The average molecular weight is 271 g/mol. The highest BCUT2D eigenvalue weighted by molar-refractivity contribution is 5.83. The minimum Gasteiger partial charge on any atom is -0.361 e. The lowest BCUT2D eigenvalue weighted by Crippen LogP contribution is -2.47. The molecule has 1 aromatic carbocycles. The summed E-state index contributed by atoms with van der Waals surface area (Å²) in [5, 5.41) is 4.80. The smallest absolute Gasteiger partial charge is 0.0456 e. The Morgan fingerprint density at radius 3 is 2.70 bits per heavy atom. The molecule has 2 aromatic rings. The van der Waals surface area contributed by atoms with Gasteiger partial charge in [0, 0.05) is 49.8 Å². The van der Waals surface area contributed by atoms with E-state index in [9.17, 15) is 0 Å². The minimum atomic E-state index is 0.308. The first-order valence-electron chi connectivity index (χ1n) is 7.62. The van der Waals surface area contributed by atoms with Crippen LogP contribution in [0.2, 0.25) is 0 Å². The Balaban J connectivity index is 1.71. The highest BCUT2D eigenvalue weighted by Gasteiger charge is 2.24. The molecule has 1 fully saturated rings. The number of benzene rings is 1. The molecule has 2 heterocycles. The highest BCUT2D eigenvalue weighted by Crippen LogP contribution is 2.28. The largest absolute Gasteiger partial charge is 0.361 e. The zero-order chi connectivity index (χ0) is 14.0. The normalized spacial score (nSPS) is 17.7. The van der Waals surface area contributed by atoms with Crippen molar-refractivity contribution in [1.82, 2.24) is 15.2 Å². The van der Waals surface area contributed by atoms with Gasteiger partial charge in [0.1, 0.15) is 0 Å². The van der Waals surface area contributed by atoms with Gasteiger partial charge in [-0.25, -0.2) is 0 Å². The third kappa shape index (κ3) is 3.05. The van der Waals surface area contributed by atoms with Crippen LogP contribution < -0.4 is 5.32 Å². The Bertz CT molecular complexity index is 564. The fraction of sp³-hybridized carbons (Fsp3) is 0.529. The third-order valence-corrected chi connectivity index (χ3v) is 4.21. The molecule has 0 amide bonds. The van der Waals surface area contributed by atoms with Gasteiger partial charge in [-0.3, -0.25) is 0 Å². The predicted octanol–water partition coefficient (Wildman–Crippen LogP) is 2.64. The standard InChI is InChI=1S/C17H25N3/c1-17(2,13-20-9-7-18-8-10-20)11-14-12-19-16-6-4-3-5-15(14)16/h3-6,12,18-19H,7-11,13H2,1-2H3. The first-order chi connectivity index (χ1) is 9.64. The molecule has 0 unspecified atom stereocenters. The van der Waals surface area contributed by atoms with E-state index in [-0.39, 0.29) is 0 Å². The molecule has 0 atom stereocenters. The van der Waals surface area contributed by atoms with Gasteiger partial charge in [-0.1, -0.05) is 32.0 Å². The van der Waals surface area contributed by atoms with Crippen molar-refractivity contribution in [3.05, 3.63) is 36.0 Å². The molecule has 1 aromatic heterocycles. The van der Waals surface area contributed by atoms with E-state index in [0.717, 1.165) is 19.5 Å². The number of nitrogens with one attached hydrogen (secondary N) is 2. The Kier molecular flexibility index (Phi) is 3.81. The number of hydrogen-bond acceptors (Lipinski definition) is 2. The van der Waals surface area contributed by atoms with Gasteiger partial charge in [-0.05, 0) is 23.5 Å². The molecule has 0 spiro atoms. The number of para-hydroxylation sites is 1. The molecule has 108 valence electrons. The summed E-state index contributed by atoms with van der Waals surface area (Å²) in [4.78, 5) is 5.98. The van der Waals surface area contributed by atoms with E-state index in [4.69, 9.17) is 0 Å². The summed E-state index contributed by atoms with van der Waals surface area (Å²) in [5.74, 6) is 0. The van der Waals surface area contributed by atoms with Crippen LogP contribution in [0.15, 0.2) is 30.5 Å². The molecule has 0 saturated carbocycles. The van der Waals surface area contributed by atoms with Gasteiger partial charge >= 0.3 is 0 Å². The summed E-state index contributed by atoms with van der Waals surface area (Å²) in [6, 6.07) is 8.60. The van der Waals surface area contributed by atoms with Crippen molar-refractivity contribution in [3.8, 4) is 0 Å². The Hall–Kier alpha value is -1.32. The number of H-pyrrole nitrogens is 1. The first-order valence-corrected chi connectivity index (χ1v) is 7.62. The van der Waals surface area contributed by atoms with Gasteiger partial charge in [0.15, 0.2) is 0 Å². The molecule has 2 N–H and O–H groups in total. The molecule has 1 aliphatic rings. The molecule has 0 aliphatic carbocycles. The van der Waals surface area contributed by atoms with Crippen LogP contribution >= 0.6 is 0 Å². The average Bonchev–Trinajstić information content (AvgIpc) is 2.82. The molecule has 0 bridgehead atoms. The van der Waals surface area contributed by atoms with Crippen LogP contribution in [0.4, 0.5) is 0 Å². The van der Waals surface area contributed by atoms with Crippen molar-refractivity contribution in [1.29, 1.82) is 0 Å². The summed E-state index contributed by atoms with van der Waals surface area (Å²) in [5.41, 5.74) is 3.00. The number of aromatic amines is 1. The lowest BCUT2D eigenvalue weighted by molar-refractivity contribution is 0.160. The molecular formula is C17H25N3. The second kappa shape index (κ2) is 5.58. The number of aromatic nitrogens is 1. The van der Waals surface area contributed by atoms with E-state index in [1.807, 2.05) is 0 Å². The highest BCUT2D eigenvalue weighted by atomic mass is 15.2. The maximum Gasteiger partial charge on any atom is 0.0456 e. The van der Waals surface area contributed by atoms with Crippen molar-refractivity contribution < 1.29 is 0 Å². The van der Waals surface area contributed by atoms with Gasteiger partial charge in [-0.2, -0.15) is 0 Å². The number of nitrogens with zero attached hydrogens (tertiary/aromatic N) is 1. The van der Waals surface area contributed by atoms with Crippen LogP contribution in [0.1, 0.15) is 19.4 Å². The second-order valence-electron chi connectivity index (χ2n) is 6.73. The van der Waals surface area contributed by atoms with Crippen molar-refractivity contribution in [2.24, 2.45) is 5.41 Å². The SMILES string of the molecule is CC(C)(Cc1c[nH]c2ccccc12)CN1CCNCC1. The maximum atomic E-state index is 3.42. The Morgan fingerprint density at radius 2 is 1.90 bits per heavy atom. The van der Waals surface area contributed by atoms with Gasteiger partial charge < -0.3 is 15.2 Å². The molecule has 3 heteroatoms. The van der Waals surface area contributed by atoms with E-state index < -0.39 is 0 Å². The molecule has 3 nitrogen and oxygen atoms in total. The Morgan fingerprint density at radius 1 is 1.15 bits per heavy atom. The maximum absolute atomic E-state index is 3.42. The van der Waals surface area contributed by atoms with Crippen molar-refractivity contribution >= 4 is 10.9 Å². The van der Waals surface area contributed by atoms with Crippen LogP contribution in [-0.2, 0) is 6.42 Å². The second-order valence-corrected chi connectivity index (χ2v) is 6.73. The van der Waals surface area contributed by atoms with Crippen LogP contribution in [0.25, 0.3) is 10.9 Å². The lowest BCUT2D eigenvalue weighted by atomic mass is 9.85. The zero-order valence-electron chi connectivity index (χ0n) is 12.6. The monoisotopic (exact) mass is 271 g/mol. The fourth-order valence-electron chi connectivity index (χ4n) is 3.32. The quantitative estimate of drug-likeness (QED) is 0.895. The summed E-state index contributed by atoms with van der Waals surface area (Å²) in [6.45, 7) is 10.6. The zero-order valence-corrected chi connectivity index (χ0v) is 12.6. The molecular weight excluding hydrogens is 246 g/mol. The summed E-state index contributed by atoms with van der Waals surface area (Å²) in [6.07, 6.45) is 3.31. The molecule has 0 radical (unpaired) electrons. The number of hydrogen-bond donors (Lipinski definition) is 2. The summed E-state index contributed by atoms with van der Waals surface area (Å²) in [7, 11) is 0. The van der Waals surface area contributed by atoms with Crippen molar-refractivity contribution in [2.45, 2.75) is 20.3 Å². The topological polar surface area (TPSA) is 31.1 Å². The van der Waals surface area contributed by atoms with Crippen LogP contribution in [0, 0.1) is 5.41 Å². The molecule has 1 saturated heterocycles. The van der Waals surface area contributed by atoms with E-state index in [1.54, 1.807) is 0 Å². The van der Waals surface area contributed by atoms with E-state index in [2.05, 4.69) is 59.5 Å². The third-order valence-electron chi connectivity index (χ3n) is 4.21. The van der Waals surface area contributed by atoms with Gasteiger partial charge in [0.2, 0.25) is 0 Å². The summed E-state index contributed by atoms with van der Waals surface area (Å²) >= 11 is 0. The fourth-order valence-corrected chi connectivity index (χ4v) is 3.32. The van der Waals surface area contributed by atoms with Gasteiger partial charge in [0.05, 0.1) is 0 Å². The first kappa shape index (κ1) is 13.7. The van der Waals surface area contributed by atoms with Gasteiger partial charge in [0.25, 0.3) is 0 Å².